The van der Waals surface area contributed by atoms with Crippen LogP contribution in [0.3, 0.4) is 0 Å². The lowest BCUT2D eigenvalue weighted by Gasteiger charge is -2.07. The van der Waals surface area contributed by atoms with Crippen LogP contribution in [0, 0.1) is 0 Å². The molecule has 0 fully saturated rings. The van der Waals surface area contributed by atoms with Crippen LogP contribution in [-0.2, 0) is 4.79 Å². The molecule has 0 bridgehead atoms. The summed E-state index contributed by atoms with van der Waals surface area (Å²) < 4.78 is 7.66. The van der Waals surface area contributed by atoms with E-state index in [-0.39, 0.29) is 11.7 Å². The molecule has 0 radical (unpaired) electrons. The minimum atomic E-state index is -0.169. The second kappa shape index (κ2) is 9.35. The van der Waals surface area contributed by atoms with Gasteiger partial charge in [0.2, 0.25) is 0 Å². The van der Waals surface area contributed by atoms with Gasteiger partial charge in [-0.3, -0.25) is 4.79 Å². The van der Waals surface area contributed by atoms with Crippen LogP contribution in [0.5, 0.6) is 5.75 Å². The summed E-state index contributed by atoms with van der Waals surface area (Å²) in [7, 11) is 0. The Morgan fingerprint density at radius 2 is 2.08 bits per heavy atom. The van der Waals surface area contributed by atoms with Gasteiger partial charge in [-0.25, -0.2) is 10.4 Å². The fraction of sp³-hybridized carbons (Fsp3) is 0.211. The van der Waals surface area contributed by atoms with Gasteiger partial charge in [-0.05, 0) is 30.7 Å². The predicted octanol–water partition coefficient (Wildman–Crippen LogP) is 4.33. The molecule has 0 aliphatic rings. The van der Waals surface area contributed by atoms with Crippen LogP contribution in [0.15, 0.2) is 58.0 Å². The number of nitrogens with one attached hydrogen (secondary N) is 1. The molecule has 0 spiro atoms. The third kappa shape index (κ3) is 5.06. The molecule has 0 saturated heterocycles. The quantitative estimate of drug-likeness (QED) is 0.356. The smallest absolute Gasteiger partial charge is 0.250 e. The zero-order valence-electron chi connectivity index (χ0n) is 14.3. The van der Waals surface area contributed by atoms with Crippen LogP contribution < -0.4 is 10.2 Å². The molecular weight excluding hydrogens is 366 g/mol. The van der Waals surface area contributed by atoms with Crippen LogP contribution in [0.25, 0.3) is 10.2 Å². The fourth-order valence-corrected chi connectivity index (χ4v) is 4.04. The number of aromatic nitrogens is 1. The summed E-state index contributed by atoms with van der Waals surface area (Å²) in [4.78, 5) is 16.5. The topological polar surface area (TPSA) is 63.6 Å². The lowest BCUT2D eigenvalue weighted by molar-refractivity contribution is -0.118. The van der Waals surface area contributed by atoms with E-state index in [1.165, 1.54) is 11.8 Å². The molecule has 1 amide bonds. The minimum absolute atomic E-state index is 0.169. The first-order valence-corrected chi connectivity index (χ1v) is 10.1. The number of thioether (sulfide) groups is 1. The molecule has 0 aliphatic carbocycles. The number of para-hydroxylation sites is 2. The number of fused-ring (bicyclic) bond motifs is 1. The highest BCUT2D eigenvalue weighted by Crippen LogP contribution is 2.29. The van der Waals surface area contributed by atoms with Gasteiger partial charge in [-0.2, -0.15) is 5.10 Å². The molecule has 5 nitrogen and oxygen atoms in total. The number of hydrazone groups is 1. The van der Waals surface area contributed by atoms with Crippen LogP contribution in [0.4, 0.5) is 0 Å². The van der Waals surface area contributed by atoms with Gasteiger partial charge in [0.1, 0.15) is 5.75 Å². The van der Waals surface area contributed by atoms with Crippen LogP contribution in [-0.4, -0.2) is 29.5 Å². The van der Waals surface area contributed by atoms with Crippen LogP contribution in [0.2, 0.25) is 0 Å². The summed E-state index contributed by atoms with van der Waals surface area (Å²) >= 11 is 3.00. The van der Waals surface area contributed by atoms with Gasteiger partial charge < -0.3 is 4.74 Å². The van der Waals surface area contributed by atoms with Crippen molar-refractivity contribution in [3.05, 3.63) is 54.1 Å². The molecule has 1 aromatic heterocycles. The first kappa shape index (κ1) is 18.4. The Morgan fingerprint density at radius 3 is 2.92 bits per heavy atom. The Balaban J connectivity index is 1.51. The Bertz CT molecular complexity index is 875. The Kier molecular flexibility index (Phi) is 6.62. The number of nitrogens with zero attached hydrogens (tertiary/aromatic N) is 2. The lowest BCUT2D eigenvalue weighted by Crippen LogP contribution is -2.19. The van der Waals surface area contributed by atoms with E-state index < -0.39 is 0 Å². The van der Waals surface area contributed by atoms with Crippen molar-refractivity contribution in [2.24, 2.45) is 5.10 Å². The minimum Gasteiger partial charge on any atom is -0.493 e. The van der Waals surface area contributed by atoms with Gasteiger partial charge in [0.25, 0.3) is 5.91 Å². The maximum absolute atomic E-state index is 12.0. The van der Waals surface area contributed by atoms with Gasteiger partial charge >= 0.3 is 0 Å². The van der Waals surface area contributed by atoms with Crippen LogP contribution in [0.1, 0.15) is 18.9 Å². The molecule has 1 N–H and O–H groups in total. The largest absolute Gasteiger partial charge is 0.493 e. The van der Waals surface area contributed by atoms with Gasteiger partial charge in [0, 0.05) is 5.56 Å². The Labute approximate surface area is 160 Å². The van der Waals surface area contributed by atoms with E-state index in [1.54, 1.807) is 17.6 Å². The van der Waals surface area contributed by atoms with Crippen molar-refractivity contribution in [2.45, 2.75) is 17.7 Å². The lowest BCUT2D eigenvalue weighted by atomic mass is 10.2. The highest BCUT2D eigenvalue weighted by atomic mass is 32.2. The predicted molar refractivity (Wildman–Crippen MR) is 108 cm³/mol. The molecular formula is C19H19N3O2S2. The average molecular weight is 386 g/mol. The summed E-state index contributed by atoms with van der Waals surface area (Å²) in [6.45, 7) is 2.70. The van der Waals surface area contributed by atoms with E-state index in [1.807, 2.05) is 48.5 Å². The number of thiazole rings is 1. The molecule has 1 heterocycles. The monoisotopic (exact) mass is 385 g/mol. The van der Waals surface area contributed by atoms with E-state index in [0.717, 1.165) is 32.3 Å². The molecule has 0 unspecified atom stereocenters. The number of hydrogen-bond donors (Lipinski definition) is 1. The van der Waals surface area contributed by atoms with Crippen molar-refractivity contribution in [1.82, 2.24) is 10.4 Å². The van der Waals surface area contributed by atoms with E-state index in [4.69, 9.17) is 4.74 Å². The van der Waals surface area contributed by atoms with E-state index in [2.05, 4.69) is 22.4 Å². The Hall–Kier alpha value is -2.38. The van der Waals surface area contributed by atoms with Gasteiger partial charge in [0.05, 0.1) is 28.8 Å². The molecule has 0 saturated carbocycles. The van der Waals surface area contributed by atoms with Crippen molar-refractivity contribution in [2.75, 3.05) is 12.4 Å². The SMILES string of the molecule is CCCOc1ccccc1/C=N/NC(=O)CSc1nc2ccccc2s1. The normalized spacial score (nSPS) is 11.1. The van der Waals surface area contributed by atoms with Crippen molar-refractivity contribution in [3.63, 3.8) is 0 Å². The second-order valence-electron chi connectivity index (χ2n) is 5.42. The van der Waals surface area contributed by atoms with Crippen molar-refractivity contribution in [1.29, 1.82) is 0 Å². The summed E-state index contributed by atoms with van der Waals surface area (Å²) in [5.74, 6) is 0.860. The second-order valence-corrected chi connectivity index (χ2v) is 7.67. The molecule has 3 rings (SSSR count). The number of rotatable bonds is 8. The maximum atomic E-state index is 12.0. The highest BCUT2D eigenvalue weighted by Gasteiger charge is 2.07. The number of benzene rings is 2. The molecule has 0 aliphatic heterocycles. The van der Waals surface area contributed by atoms with Crippen molar-refractivity contribution < 1.29 is 9.53 Å². The zero-order valence-corrected chi connectivity index (χ0v) is 16.0. The average Bonchev–Trinajstić information content (AvgIpc) is 3.08. The van der Waals surface area contributed by atoms with Crippen molar-refractivity contribution >= 4 is 45.4 Å². The number of amides is 1. The van der Waals surface area contributed by atoms with Crippen molar-refractivity contribution in [3.8, 4) is 5.75 Å². The van der Waals surface area contributed by atoms with Gasteiger partial charge in [-0.15, -0.1) is 11.3 Å². The fourth-order valence-electron chi connectivity index (χ4n) is 2.18. The first-order chi connectivity index (χ1) is 12.8. The summed E-state index contributed by atoms with van der Waals surface area (Å²) in [5, 5.41) is 4.03. The summed E-state index contributed by atoms with van der Waals surface area (Å²) in [6.07, 6.45) is 2.54. The standard InChI is InChI=1S/C19H19N3O2S2/c1-2-11-24-16-9-5-3-7-14(16)12-20-22-18(23)13-25-19-21-15-8-4-6-10-17(15)26-19/h3-10,12H,2,11,13H2,1H3,(H,22,23)/b20-12+. The zero-order chi connectivity index (χ0) is 18.2. The molecule has 7 heteroatoms. The maximum Gasteiger partial charge on any atom is 0.250 e. The number of carbonyl (C=O) groups excluding carboxylic acids is 1. The molecule has 134 valence electrons. The van der Waals surface area contributed by atoms with E-state index in [0.29, 0.717) is 6.61 Å². The molecule has 2 aromatic carbocycles. The third-order valence-electron chi connectivity index (χ3n) is 3.37. The first-order valence-electron chi connectivity index (χ1n) is 8.28. The van der Waals surface area contributed by atoms with Crippen LogP contribution >= 0.6 is 23.1 Å². The molecule has 3 aromatic rings. The molecule has 0 atom stereocenters. The van der Waals surface area contributed by atoms with Gasteiger partial charge in [-0.1, -0.05) is 43.0 Å². The number of carbonyl (C=O) groups is 1. The van der Waals surface area contributed by atoms with E-state index >= 15 is 0 Å². The van der Waals surface area contributed by atoms with Gasteiger partial charge in [0.15, 0.2) is 4.34 Å². The highest BCUT2D eigenvalue weighted by molar-refractivity contribution is 8.01. The Morgan fingerprint density at radius 1 is 1.27 bits per heavy atom. The summed E-state index contributed by atoms with van der Waals surface area (Å²) in [5.41, 5.74) is 4.34. The third-order valence-corrected chi connectivity index (χ3v) is 5.55. The number of hydrogen-bond acceptors (Lipinski definition) is 6. The number of ether oxygens (including phenoxy) is 1. The summed E-state index contributed by atoms with van der Waals surface area (Å²) in [6, 6.07) is 15.6. The molecule has 26 heavy (non-hydrogen) atoms. The van der Waals surface area contributed by atoms with E-state index in [9.17, 15) is 4.79 Å².